The highest BCUT2D eigenvalue weighted by molar-refractivity contribution is 9.10. The Morgan fingerprint density at radius 3 is 2.90 bits per heavy atom. The van der Waals surface area contributed by atoms with Crippen LogP contribution in [0.1, 0.15) is 15.9 Å². The molecular formula is C12H11BrClN5O2. The first-order chi connectivity index (χ1) is 9.93. The highest BCUT2D eigenvalue weighted by Crippen LogP contribution is 2.23. The first kappa shape index (κ1) is 15.3. The number of amidine groups is 1. The number of benzene rings is 1. The molecule has 1 aromatic heterocycles. The first-order valence-electron chi connectivity index (χ1n) is 5.70. The number of aryl methyl sites for hydroxylation is 1. The summed E-state index contributed by atoms with van der Waals surface area (Å²) in [5.74, 6) is -0.245. The van der Waals surface area contributed by atoms with E-state index in [2.05, 4.69) is 31.5 Å². The summed E-state index contributed by atoms with van der Waals surface area (Å²) >= 11 is 9.17. The fraction of sp³-hybridized carbons (Fsp3) is 0.0833. The number of rotatable bonds is 3. The number of hydrogen-bond donors (Lipinski definition) is 3. The van der Waals surface area contributed by atoms with Gasteiger partial charge in [0.05, 0.1) is 17.3 Å². The summed E-state index contributed by atoms with van der Waals surface area (Å²) in [6.45, 7) is 0. The molecule has 0 spiro atoms. The third-order valence-electron chi connectivity index (χ3n) is 2.73. The zero-order chi connectivity index (χ0) is 15.6. The maximum absolute atomic E-state index is 12.3. The van der Waals surface area contributed by atoms with Gasteiger partial charge < -0.3 is 16.3 Å². The van der Waals surface area contributed by atoms with E-state index in [4.69, 9.17) is 22.5 Å². The second kappa shape index (κ2) is 6.15. The van der Waals surface area contributed by atoms with Crippen molar-refractivity contribution in [2.75, 3.05) is 5.32 Å². The number of nitrogens with one attached hydrogen (secondary N) is 1. The molecule has 0 aliphatic rings. The summed E-state index contributed by atoms with van der Waals surface area (Å²) < 4.78 is 2.00. The predicted molar refractivity (Wildman–Crippen MR) is 82.8 cm³/mol. The predicted octanol–water partition coefficient (Wildman–Crippen LogP) is 2.18. The Morgan fingerprint density at radius 1 is 1.52 bits per heavy atom. The lowest BCUT2D eigenvalue weighted by Crippen LogP contribution is -2.20. The van der Waals surface area contributed by atoms with Crippen LogP contribution in [0.15, 0.2) is 34.0 Å². The molecular weight excluding hydrogens is 362 g/mol. The molecule has 1 aromatic carbocycles. The van der Waals surface area contributed by atoms with Gasteiger partial charge in [-0.15, -0.1) is 0 Å². The van der Waals surface area contributed by atoms with Crippen molar-refractivity contribution >= 4 is 45.1 Å². The highest BCUT2D eigenvalue weighted by Gasteiger charge is 2.17. The lowest BCUT2D eigenvalue weighted by Gasteiger charge is -2.09. The minimum absolute atomic E-state index is 0.149. The fourth-order valence-corrected chi connectivity index (χ4v) is 2.27. The molecule has 0 bridgehead atoms. The molecule has 4 N–H and O–H groups in total. The number of nitrogens with zero attached hydrogens (tertiary/aromatic N) is 3. The third-order valence-corrected chi connectivity index (χ3v) is 3.65. The number of nitrogens with two attached hydrogens (primary N) is 1. The van der Waals surface area contributed by atoms with Gasteiger partial charge >= 0.3 is 0 Å². The van der Waals surface area contributed by atoms with Crippen molar-refractivity contribution in [2.45, 2.75) is 0 Å². The van der Waals surface area contributed by atoms with Crippen LogP contribution in [0.5, 0.6) is 0 Å². The van der Waals surface area contributed by atoms with Crippen molar-refractivity contribution in [1.29, 1.82) is 0 Å². The van der Waals surface area contributed by atoms with E-state index < -0.39 is 5.91 Å². The number of amides is 1. The molecule has 1 amide bonds. The van der Waals surface area contributed by atoms with E-state index in [9.17, 15) is 4.79 Å². The molecule has 0 fully saturated rings. The largest absolute Gasteiger partial charge is 0.409 e. The van der Waals surface area contributed by atoms with Gasteiger partial charge in [-0.2, -0.15) is 5.10 Å². The monoisotopic (exact) mass is 371 g/mol. The van der Waals surface area contributed by atoms with Crippen LogP contribution in [0, 0.1) is 0 Å². The summed E-state index contributed by atoms with van der Waals surface area (Å²) in [6, 6.07) is 4.86. The van der Waals surface area contributed by atoms with Crippen molar-refractivity contribution in [2.24, 2.45) is 17.9 Å². The quantitative estimate of drug-likeness (QED) is 0.332. The molecule has 7 nitrogen and oxygen atoms in total. The minimum Gasteiger partial charge on any atom is -0.409 e. The normalized spacial score (nSPS) is 11.5. The molecule has 0 aliphatic heterocycles. The Labute approximate surface area is 133 Å². The molecule has 0 saturated heterocycles. The molecule has 1 heterocycles. The summed E-state index contributed by atoms with van der Waals surface area (Å²) in [5, 5.41) is 18.7. The van der Waals surface area contributed by atoms with Crippen LogP contribution >= 0.6 is 27.5 Å². The number of hydrogen-bond acceptors (Lipinski definition) is 4. The Balaban J connectivity index is 2.36. The van der Waals surface area contributed by atoms with Gasteiger partial charge in [-0.3, -0.25) is 9.48 Å². The van der Waals surface area contributed by atoms with Gasteiger partial charge in [-0.1, -0.05) is 16.8 Å². The molecule has 2 rings (SSSR count). The van der Waals surface area contributed by atoms with Crippen molar-refractivity contribution in [3.8, 4) is 0 Å². The number of carbonyl (C=O) groups is 1. The van der Waals surface area contributed by atoms with Gasteiger partial charge in [0.15, 0.2) is 5.84 Å². The zero-order valence-corrected chi connectivity index (χ0v) is 13.2. The van der Waals surface area contributed by atoms with Gasteiger partial charge in [0, 0.05) is 16.5 Å². The Kier molecular flexibility index (Phi) is 4.49. The first-order valence-corrected chi connectivity index (χ1v) is 6.87. The Morgan fingerprint density at radius 2 is 2.24 bits per heavy atom. The standard InChI is InChI=1S/C12H11BrClN5O2/c1-19-11(8(5-16-19)10(15)18-21)17-12(20)7-4-6(14)2-3-9(7)13/h2-5,21H,1H3,(H2,15,18)(H,17,20). The molecule has 0 unspecified atom stereocenters. The summed E-state index contributed by atoms with van der Waals surface area (Å²) in [6.07, 6.45) is 1.39. The van der Waals surface area contributed by atoms with E-state index in [0.29, 0.717) is 26.4 Å². The van der Waals surface area contributed by atoms with Crippen molar-refractivity contribution < 1.29 is 10.0 Å². The highest BCUT2D eigenvalue weighted by atomic mass is 79.9. The van der Waals surface area contributed by atoms with Crippen molar-refractivity contribution in [1.82, 2.24) is 9.78 Å². The lowest BCUT2D eigenvalue weighted by molar-refractivity contribution is 0.102. The number of oxime groups is 1. The van der Waals surface area contributed by atoms with Crippen LogP contribution in [-0.4, -0.2) is 26.7 Å². The zero-order valence-electron chi connectivity index (χ0n) is 10.8. The van der Waals surface area contributed by atoms with E-state index in [1.807, 2.05) is 0 Å². The van der Waals surface area contributed by atoms with Crippen LogP contribution in [0.3, 0.4) is 0 Å². The maximum Gasteiger partial charge on any atom is 0.258 e. The smallest absolute Gasteiger partial charge is 0.258 e. The van der Waals surface area contributed by atoms with E-state index in [1.165, 1.54) is 16.9 Å². The fourth-order valence-electron chi connectivity index (χ4n) is 1.67. The van der Waals surface area contributed by atoms with Gasteiger partial charge in [0.25, 0.3) is 5.91 Å². The second-order valence-corrected chi connectivity index (χ2v) is 5.38. The molecule has 21 heavy (non-hydrogen) atoms. The van der Waals surface area contributed by atoms with E-state index in [0.717, 1.165) is 0 Å². The van der Waals surface area contributed by atoms with E-state index in [1.54, 1.807) is 19.2 Å². The summed E-state index contributed by atoms with van der Waals surface area (Å²) in [5.41, 5.74) is 6.21. The molecule has 0 saturated carbocycles. The van der Waals surface area contributed by atoms with Crippen LogP contribution < -0.4 is 11.1 Å². The SMILES string of the molecule is Cn1ncc(/C(N)=N/O)c1NC(=O)c1cc(Cl)ccc1Br. The lowest BCUT2D eigenvalue weighted by atomic mass is 10.2. The van der Waals surface area contributed by atoms with E-state index in [-0.39, 0.29) is 5.84 Å². The molecule has 110 valence electrons. The topological polar surface area (TPSA) is 106 Å². The van der Waals surface area contributed by atoms with Gasteiger partial charge in [-0.05, 0) is 34.1 Å². The van der Waals surface area contributed by atoms with Gasteiger partial charge in [0.1, 0.15) is 5.82 Å². The van der Waals surface area contributed by atoms with E-state index >= 15 is 0 Å². The third kappa shape index (κ3) is 3.17. The molecule has 0 aliphatic carbocycles. The van der Waals surface area contributed by atoms with Crippen molar-refractivity contribution in [3.63, 3.8) is 0 Å². The average Bonchev–Trinajstić information content (AvgIpc) is 2.82. The Bertz CT molecular complexity index is 728. The van der Waals surface area contributed by atoms with Crippen LogP contribution in [0.4, 0.5) is 5.82 Å². The number of carbonyl (C=O) groups excluding carboxylic acids is 1. The van der Waals surface area contributed by atoms with Crippen LogP contribution in [-0.2, 0) is 7.05 Å². The van der Waals surface area contributed by atoms with Crippen LogP contribution in [0.2, 0.25) is 5.02 Å². The number of aromatic nitrogens is 2. The van der Waals surface area contributed by atoms with Crippen LogP contribution in [0.25, 0.3) is 0 Å². The van der Waals surface area contributed by atoms with Gasteiger partial charge in [0.2, 0.25) is 0 Å². The van der Waals surface area contributed by atoms with Gasteiger partial charge in [-0.25, -0.2) is 0 Å². The number of anilines is 1. The maximum atomic E-state index is 12.3. The molecule has 2 aromatic rings. The minimum atomic E-state index is -0.403. The van der Waals surface area contributed by atoms with Crippen molar-refractivity contribution in [3.05, 3.63) is 45.0 Å². The average molecular weight is 373 g/mol. The second-order valence-electron chi connectivity index (χ2n) is 4.09. The summed E-state index contributed by atoms with van der Waals surface area (Å²) in [7, 11) is 1.62. The summed E-state index contributed by atoms with van der Waals surface area (Å²) in [4.78, 5) is 12.3. The number of halogens is 2. The molecule has 9 heteroatoms. The molecule has 0 atom stereocenters. The Hall–Kier alpha value is -2.06. The molecule has 0 radical (unpaired) electrons.